The Morgan fingerprint density at radius 1 is 1.04 bits per heavy atom. The van der Waals surface area contributed by atoms with Gasteiger partial charge in [-0.15, -0.1) is 0 Å². The van der Waals surface area contributed by atoms with E-state index in [9.17, 15) is 9.90 Å². The SMILES string of the molecule is CN(C)CCCC1c2ccccc2Sc2ccccc2C1C(=O)O. The number of nitrogens with zero attached hydrogens (tertiary/aromatic N) is 1. The molecule has 0 amide bonds. The molecule has 0 saturated heterocycles. The van der Waals surface area contributed by atoms with E-state index in [-0.39, 0.29) is 5.92 Å². The van der Waals surface area contributed by atoms with E-state index in [1.54, 1.807) is 11.8 Å². The van der Waals surface area contributed by atoms with Gasteiger partial charge in [0, 0.05) is 15.7 Å². The van der Waals surface area contributed by atoms with Gasteiger partial charge in [-0.25, -0.2) is 0 Å². The van der Waals surface area contributed by atoms with Gasteiger partial charge in [-0.05, 0) is 56.7 Å². The van der Waals surface area contributed by atoms with Crippen LogP contribution in [0.2, 0.25) is 0 Å². The highest BCUT2D eigenvalue weighted by Gasteiger charge is 2.36. The summed E-state index contributed by atoms with van der Waals surface area (Å²) >= 11 is 1.69. The van der Waals surface area contributed by atoms with Gasteiger partial charge in [0.2, 0.25) is 0 Å². The lowest BCUT2D eigenvalue weighted by atomic mass is 9.79. The third-order valence-electron chi connectivity index (χ3n) is 4.58. The minimum Gasteiger partial charge on any atom is -0.481 e. The van der Waals surface area contributed by atoms with Crippen LogP contribution >= 0.6 is 11.8 Å². The Morgan fingerprint density at radius 3 is 2.25 bits per heavy atom. The zero-order chi connectivity index (χ0) is 17.1. The average Bonchev–Trinajstić information content (AvgIpc) is 2.69. The van der Waals surface area contributed by atoms with Gasteiger partial charge in [0.1, 0.15) is 0 Å². The summed E-state index contributed by atoms with van der Waals surface area (Å²) in [5.41, 5.74) is 2.12. The molecule has 126 valence electrons. The number of carboxylic acid groups (broad SMARTS) is 1. The van der Waals surface area contributed by atoms with Gasteiger partial charge in [-0.3, -0.25) is 4.79 Å². The van der Waals surface area contributed by atoms with Crippen LogP contribution in [0.15, 0.2) is 58.3 Å². The minimum atomic E-state index is -0.727. The molecule has 0 fully saturated rings. The predicted molar refractivity (Wildman–Crippen MR) is 97.9 cm³/mol. The molecule has 3 nitrogen and oxygen atoms in total. The quantitative estimate of drug-likeness (QED) is 0.872. The van der Waals surface area contributed by atoms with Gasteiger partial charge in [-0.1, -0.05) is 48.2 Å². The Balaban J connectivity index is 2.06. The van der Waals surface area contributed by atoms with Crippen molar-refractivity contribution < 1.29 is 9.90 Å². The van der Waals surface area contributed by atoms with Crippen molar-refractivity contribution in [2.45, 2.75) is 34.5 Å². The summed E-state index contributed by atoms with van der Waals surface area (Å²) in [6.07, 6.45) is 1.86. The molecule has 2 unspecified atom stereocenters. The first-order valence-corrected chi connectivity index (χ1v) is 9.13. The number of carbonyl (C=O) groups is 1. The first-order chi connectivity index (χ1) is 11.6. The van der Waals surface area contributed by atoms with Crippen molar-refractivity contribution in [1.82, 2.24) is 4.90 Å². The minimum absolute atomic E-state index is 0.00907. The van der Waals surface area contributed by atoms with Gasteiger partial charge < -0.3 is 10.0 Å². The fraction of sp³-hybridized carbons (Fsp3) is 0.350. The molecule has 1 aliphatic heterocycles. The average molecular weight is 341 g/mol. The van der Waals surface area contributed by atoms with Crippen molar-refractivity contribution in [3.05, 3.63) is 59.7 Å². The predicted octanol–water partition coefficient (Wildman–Crippen LogP) is 4.45. The fourth-order valence-electron chi connectivity index (χ4n) is 3.48. The van der Waals surface area contributed by atoms with Crippen molar-refractivity contribution in [1.29, 1.82) is 0 Å². The van der Waals surface area contributed by atoms with Crippen molar-refractivity contribution in [3.8, 4) is 0 Å². The van der Waals surface area contributed by atoms with Crippen LogP contribution in [0.4, 0.5) is 0 Å². The molecule has 1 heterocycles. The van der Waals surface area contributed by atoms with Crippen LogP contribution in [0.3, 0.4) is 0 Å². The van der Waals surface area contributed by atoms with Gasteiger partial charge in [0.15, 0.2) is 0 Å². The smallest absolute Gasteiger partial charge is 0.311 e. The summed E-state index contributed by atoms with van der Waals surface area (Å²) in [6.45, 7) is 0.972. The summed E-state index contributed by atoms with van der Waals surface area (Å²) in [5, 5.41) is 9.99. The van der Waals surface area contributed by atoms with Crippen LogP contribution in [0, 0.1) is 0 Å². The highest BCUT2D eigenvalue weighted by molar-refractivity contribution is 7.99. The molecule has 1 N–H and O–H groups in total. The van der Waals surface area contributed by atoms with E-state index in [0.29, 0.717) is 0 Å². The number of rotatable bonds is 5. The van der Waals surface area contributed by atoms with E-state index in [0.717, 1.165) is 29.8 Å². The van der Waals surface area contributed by atoms with Crippen LogP contribution < -0.4 is 0 Å². The second kappa shape index (κ2) is 7.41. The van der Waals surface area contributed by atoms with Gasteiger partial charge in [0.05, 0.1) is 5.92 Å². The van der Waals surface area contributed by atoms with E-state index < -0.39 is 11.9 Å². The van der Waals surface area contributed by atoms with E-state index in [4.69, 9.17) is 0 Å². The lowest BCUT2D eigenvalue weighted by Crippen LogP contribution is -2.22. The summed E-state index contributed by atoms with van der Waals surface area (Å²) in [5.74, 6) is -1.20. The van der Waals surface area contributed by atoms with E-state index in [1.807, 2.05) is 36.4 Å². The van der Waals surface area contributed by atoms with Crippen molar-refractivity contribution in [2.75, 3.05) is 20.6 Å². The maximum Gasteiger partial charge on any atom is 0.311 e. The zero-order valence-corrected chi connectivity index (χ0v) is 14.9. The van der Waals surface area contributed by atoms with Crippen LogP contribution in [0.5, 0.6) is 0 Å². The highest BCUT2D eigenvalue weighted by atomic mass is 32.2. The van der Waals surface area contributed by atoms with Crippen molar-refractivity contribution >= 4 is 17.7 Å². The second-order valence-corrected chi connectivity index (χ2v) is 7.63. The van der Waals surface area contributed by atoms with Crippen LogP contribution in [0.25, 0.3) is 0 Å². The Morgan fingerprint density at radius 2 is 1.62 bits per heavy atom. The molecule has 1 aliphatic rings. The maximum absolute atomic E-state index is 12.2. The van der Waals surface area contributed by atoms with Crippen molar-refractivity contribution in [3.63, 3.8) is 0 Å². The molecule has 24 heavy (non-hydrogen) atoms. The lowest BCUT2D eigenvalue weighted by Gasteiger charge is -2.25. The van der Waals surface area contributed by atoms with Crippen LogP contribution in [0.1, 0.15) is 35.8 Å². The summed E-state index contributed by atoms with van der Waals surface area (Å²) in [6, 6.07) is 16.2. The third kappa shape index (κ3) is 3.50. The van der Waals surface area contributed by atoms with E-state index in [1.165, 1.54) is 10.5 Å². The Labute approximate surface area is 147 Å². The second-order valence-electron chi connectivity index (χ2n) is 6.55. The third-order valence-corrected chi connectivity index (χ3v) is 5.76. The highest BCUT2D eigenvalue weighted by Crippen LogP contribution is 2.49. The molecule has 0 aliphatic carbocycles. The number of hydrogen-bond donors (Lipinski definition) is 1. The lowest BCUT2D eigenvalue weighted by molar-refractivity contribution is -0.139. The number of benzene rings is 2. The van der Waals surface area contributed by atoms with E-state index in [2.05, 4.69) is 31.1 Å². The zero-order valence-electron chi connectivity index (χ0n) is 14.1. The molecule has 0 bridgehead atoms. The molecule has 0 spiro atoms. The molecule has 2 aromatic rings. The first kappa shape index (κ1) is 17.1. The Hall–Kier alpha value is -1.78. The molecule has 0 saturated carbocycles. The molecule has 0 radical (unpaired) electrons. The van der Waals surface area contributed by atoms with E-state index >= 15 is 0 Å². The summed E-state index contributed by atoms with van der Waals surface area (Å²) in [7, 11) is 4.11. The number of aliphatic carboxylic acids is 1. The topological polar surface area (TPSA) is 40.5 Å². The molecule has 4 heteroatoms. The van der Waals surface area contributed by atoms with Gasteiger partial charge >= 0.3 is 5.97 Å². The monoisotopic (exact) mass is 341 g/mol. The first-order valence-electron chi connectivity index (χ1n) is 8.31. The largest absolute Gasteiger partial charge is 0.481 e. The number of hydrogen-bond acceptors (Lipinski definition) is 3. The number of carboxylic acids is 1. The standard InChI is InChI=1S/C20H23NO2S/c1-21(2)13-7-10-15-14-8-3-5-11-17(14)24-18-12-6-4-9-16(18)19(15)20(22)23/h3-6,8-9,11-12,15,19H,7,10,13H2,1-2H3,(H,22,23). The number of fused-ring (bicyclic) bond motifs is 2. The Bertz CT molecular complexity index is 729. The van der Waals surface area contributed by atoms with Crippen LogP contribution in [-0.2, 0) is 4.79 Å². The summed E-state index contributed by atoms with van der Waals surface area (Å²) in [4.78, 5) is 16.6. The molecular formula is C20H23NO2S. The van der Waals surface area contributed by atoms with Gasteiger partial charge in [-0.2, -0.15) is 0 Å². The molecular weight excluding hydrogens is 318 g/mol. The van der Waals surface area contributed by atoms with Gasteiger partial charge in [0.25, 0.3) is 0 Å². The Kier molecular flexibility index (Phi) is 5.27. The molecule has 2 aromatic carbocycles. The van der Waals surface area contributed by atoms with Crippen LogP contribution in [-0.4, -0.2) is 36.6 Å². The maximum atomic E-state index is 12.2. The fourth-order valence-corrected chi connectivity index (χ4v) is 4.66. The normalized spacial score (nSPS) is 19.5. The molecule has 0 aromatic heterocycles. The molecule has 2 atom stereocenters. The summed E-state index contributed by atoms with van der Waals surface area (Å²) < 4.78 is 0. The van der Waals surface area contributed by atoms with Crippen molar-refractivity contribution in [2.24, 2.45) is 0 Å². The molecule has 3 rings (SSSR count).